The Balaban J connectivity index is -0.00000312. The van der Waals surface area contributed by atoms with Crippen molar-refractivity contribution in [3.05, 3.63) is 0 Å². The predicted octanol–water partition coefficient (Wildman–Crippen LogP) is -4.83. The molecule has 0 bridgehead atoms. The van der Waals surface area contributed by atoms with Crippen LogP contribution in [0, 0.1) is 17.8 Å². The molecule has 2 unspecified atom stereocenters. The SMILES string of the molecule is CCCC(CCC)C(C(=O)[O-])C(C(=O)[O-])(C(CCC)CCC)S(=O)(=O)O.[K+].[K+]. The summed E-state index contributed by atoms with van der Waals surface area (Å²) in [5, 5.41) is 24.2. The van der Waals surface area contributed by atoms with E-state index < -0.39 is 44.6 Å². The summed E-state index contributed by atoms with van der Waals surface area (Å²) in [7, 11) is -5.28. The molecule has 7 nitrogen and oxygen atoms in total. The summed E-state index contributed by atoms with van der Waals surface area (Å²) in [5.41, 5.74) is 0. The second-order valence-electron chi connectivity index (χ2n) is 6.96. The van der Waals surface area contributed by atoms with Gasteiger partial charge < -0.3 is 19.8 Å². The van der Waals surface area contributed by atoms with Crippen LogP contribution in [0.25, 0.3) is 0 Å². The molecule has 1 N–H and O–H groups in total. The smallest absolute Gasteiger partial charge is 0.550 e. The van der Waals surface area contributed by atoms with Crippen molar-refractivity contribution in [2.45, 2.75) is 83.8 Å². The third-order valence-corrected chi connectivity index (χ3v) is 6.74. The van der Waals surface area contributed by atoms with E-state index in [0.29, 0.717) is 38.5 Å². The average molecular weight is 471 g/mol. The van der Waals surface area contributed by atoms with Gasteiger partial charge in [-0.2, -0.15) is 8.42 Å². The van der Waals surface area contributed by atoms with Crippen molar-refractivity contribution in [1.29, 1.82) is 0 Å². The minimum atomic E-state index is -5.28. The molecule has 154 valence electrons. The zero-order chi connectivity index (χ0) is 20.5. The van der Waals surface area contributed by atoms with Crippen LogP contribution in [0.5, 0.6) is 0 Å². The second-order valence-corrected chi connectivity index (χ2v) is 8.59. The molecular formula is C18H32K2O7S. The van der Waals surface area contributed by atoms with Gasteiger partial charge >= 0.3 is 103 Å². The van der Waals surface area contributed by atoms with Gasteiger partial charge in [0.15, 0.2) is 0 Å². The Morgan fingerprint density at radius 2 is 1.21 bits per heavy atom. The maximum atomic E-state index is 12.4. The molecule has 2 atom stereocenters. The molecule has 0 radical (unpaired) electrons. The van der Waals surface area contributed by atoms with E-state index in [-0.39, 0.29) is 116 Å². The maximum Gasteiger partial charge on any atom is 1.00 e. The minimum absolute atomic E-state index is 0. The number of hydrogen-bond acceptors (Lipinski definition) is 6. The number of carboxylic acid groups (broad SMARTS) is 2. The first kappa shape index (κ1) is 34.7. The zero-order valence-electron chi connectivity index (χ0n) is 18.2. The predicted molar refractivity (Wildman–Crippen MR) is 94.4 cm³/mol. The van der Waals surface area contributed by atoms with Crippen LogP contribution >= 0.6 is 0 Å². The van der Waals surface area contributed by atoms with E-state index in [4.69, 9.17) is 0 Å². The zero-order valence-corrected chi connectivity index (χ0v) is 25.3. The quantitative estimate of drug-likeness (QED) is 0.199. The third-order valence-electron chi connectivity index (χ3n) is 5.13. The van der Waals surface area contributed by atoms with Gasteiger partial charge in [-0.3, -0.25) is 4.55 Å². The standard InChI is InChI=1S/C18H34O7S.2K/c1-5-9-13(10-6-2)15(16(19)20)18(17(21)22,26(23,24)25)14(11-7-3)12-8-4;;/h13-15H,5-12H2,1-4H3,(H,19,20)(H,21,22)(H,23,24,25);;/q;2*+1/p-2. The van der Waals surface area contributed by atoms with Gasteiger partial charge in [-0.15, -0.1) is 0 Å². The number of hydrogen-bond donors (Lipinski definition) is 1. The summed E-state index contributed by atoms with van der Waals surface area (Å²) in [4.78, 5) is 24.2. The Morgan fingerprint density at radius 1 is 0.857 bits per heavy atom. The summed E-state index contributed by atoms with van der Waals surface area (Å²) in [6.45, 7) is 7.10. The van der Waals surface area contributed by atoms with Gasteiger partial charge in [0.1, 0.15) is 4.75 Å². The molecule has 0 aliphatic heterocycles. The van der Waals surface area contributed by atoms with Gasteiger partial charge in [0.2, 0.25) is 0 Å². The van der Waals surface area contributed by atoms with Crippen LogP contribution in [0.15, 0.2) is 0 Å². The van der Waals surface area contributed by atoms with E-state index in [1.54, 1.807) is 27.7 Å². The Kier molecular flexibility index (Phi) is 20.7. The fourth-order valence-corrected chi connectivity index (χ4v) is 5.71. The normalized spacial score (nSPS) is 14.7. The van der Waals surface area contributed by atoms with Crippen LogP contribution in [0.3, 0.4) is 0 Å². The van der Waals surface area contributed by atoms with Crippen molar-refractivity contribution in [3.63, 3.8) is 0 Å². The maximum absolute atomic E-state index is 12.4. The Bertz CT molecular complexity index is 556. The molecule has 0 aromatic rings. The van der Waals surface area contributed by atoms with Crippen molar-refractivity contribution < 1.29 is 136 Å². The van der Waals surface area contributed by atoms with Crippen molar-refractivity contribution in [2.75, 3.05) is 0 Å². The third kappa shape index (κ3) is 8.57. The molecule has 0 aromatic carbocycles. The number of rotatable bonds is 14. The van der Waals surface area contributed by atoms with E-state index in [2.05, 4.69) is 0 Å². The van der Waals surface area contributed by atoms with Crippen LogP contribution in [-0.4, -0.2) is 29.7 Å². The van der Waals surface area contributed by atoms with E-state index in [9.17, 15) is 32.8 Å². The molecule has 0 spiro atoms. The first-order chi connectivity index (χ1) is 12.1. The van der Waals surface area contributed by atoms with Crippen molar-refractivity contribution in [2.24, 2.45) is 17.8 Å². The van der Waals surface area contributed by atoms with Crippen LogP contribution in [0.2, 0.25) is 0 Å². The molecule has 10 heteroatoms. The van der Waals surface area contributed by atoms with Gasteiger partial charge in [0.25, 0.3) is 10.1 Å². The molecule has 0 aliphatic carbocycles. The second kappa shape index (κ2) is 16.7. The van der Waals surface area contributed by atoms with E-state index in [1.165, 1.54) is 0 Å². The number of carboxylic acids is 2. The van der Waals surface area contributed by atoms with Crippen LogP contribution in [0.1, 0.15) is 79.1 Å². The molecule has 0 saturated heterocycles. The average Bonchev–Trinajstić information content (AvgIpc) is 2.50. The fraction of sp³-hybridized carbons (Fsp3) is 0.889. The summed E-state index contributed by atoms with van der Waals surface area (Å²) in [6.07, 6.45) is 2.93. The van der Waals surface area contributed by atoms with Gasteiger partial charge in [-0.25, -0.2) is 0 Å². The fourth-order valence-electron chi connectivity index (χ4n) is 4.23. The molecule has 28 heavy (non-hydrogen) atoms. The van der Waals surface area contributed by atoms with Crippen LogP contribution < -0.4 is 113 Å². The largest absolute Gasteiger partial charge is 1.00 e. The van der Waals surface area contributed by atoms with E-state index >= 15 is 0 Å². The van der Waals surface area contributed by atoms with Crippen molar-refractivity contribution in [3.8, 4) is 0 Å². The number of carbonyl (C=O) groups is 2. The van der Waals surface area contributed by atoms with Gasteiger partial charge in [-0.05, 0) is 24.7 Å². The summed E-state index contributed by atoms with van der Waals surface area (Å²) in [5.74, 6) is -7.51. The summed E-state index contributed by atoms with van der Waals surface area (Å²) >= 11 is 0. The van der Waals surface area contributed by atoms with Crippen molar-refractivity contribution in [1.82, 2.24) is 0 Å². The molecular weight excluding hydrogens is 438 g/mol. The van der Waals surface area contributed by atoms with Gasteiger partial charge in [-0.1, -0.05) is 66.2 Å². The Morgan fingerprint density at radius 3 is 1.43 bits per heavy atom. The monoisotopic (exact) mass is 470 g/mol. The topological polar surface area (TPSA) is 135 Å². The van der Waals surface area contributed by atoms with Gasteiger partial charge in [0.05, 0.1) is 5.97 Å². The van der Waals surface area contributed by atoms with Crippen LogP contribution in [0.4, 0.5) is 0 Å². The first-order valence-electron chi connectivity index (χ1n) is 9.45. The minimum Gasteiger partial charge on any atom is -0.550 e. The molecule has 0 fully saturated rings. The molecule has 0 rings (SSSR count). The Hall–Kier alpha value is 2.12. The molecule has 0 aromatic heterocycles. The molecule has 0 aliphatic rings. The molecule has 0 saturated carbocycles. The van der Waals surface area contributed by atoms with Gasteiger partial charge in [0, 0.05) is 11.9 Å². The number of carbonyl (C=O) groups excluding carboxylic acids is 2. The van der Waals surface area contributed by atoms with Crippen LogP contribution in [-0.2, 0) is 19.7 Å². The molecule has 0 heterocycles. The molecule has 0 amide bonds. The van der Waals surface area contributed by atoms with Crippen molar-refractivity contribution >= 4 is 22.1 Å². The number of aliphatic carboxylic acids is 2. The van der Waals surface area contributed by atoms with E-state index in [0.717, 1.165) is 0 Å². The summed E-state index contributed by atoms with van der Waals surface area (Å²) < 4.78 is 31.9. The Labute approximate surface area is 254 Å². The van der Waals surface area contributed by atoms with E-state index in [1.807, 2.05) is 0 Å². The summed E-state index contributed by atoms with van der Waals surface area (Å²) in [6, 6.07) is 0. The first-order valence-corrected chi connectivity index (χ1v) is 10.9.